The summed E-state index contributed by atoms with van der Waals surface area (Å²) >= 11 is 4.00. The molecule has 0 spiro atoms. The number of carbonyl (C=O) groups excluding carboxylic acids is 1. The summed E-state index contributed by atoms with van der Waals surface area (Å²) in [5, 5.41) is 6.09. The quantitative estimate of drug-likeness (QED) is 0.703. The molecule has 1 amide bonds. The largest absolute Gasteiger partial charge is 0.299 e. The standard InChI is InChI=1S/C19H17N3O2S/c1-13-2-4-14(5-3-13)12-22(19(24)25)16-8-6-15(7-9-16)17-10-11-18(23)21-20-17/h2-11H,12H2,1H3,(H,21,23)(H,24,25). The molecule has 25 heavy (non-hydrogen) atoms. The van der Waals surface area contributed by atoms with E-state index in [-0.39, 0.29) is 10.8 Å². The van der Waals surface area contributed by atoms with Crippen molar-refractivity contribution in [3.05, 3.63) is 82.1 Å². The van der Waals surface area contributed by atoms with Crippen LogP contribution in [0.4, 0.5) is 10.5 Å². The minimum atomic E-state index is -0.324. The zero-order valence-corrected chi connectivity index (χ0v) is 14.5. The highest BCUT2D eigenvalue weighted by Gasteiger charge is 2.13. The second kappa shape index (κ2) is 7.36. The lowest BCUT2D eigenvalue weighted by atomic mass is 10.1. The minimum Gasteiger partial charge on any atom is -0.299 e. The van der Waals surface area contributed by atoms with Crippen LogP contribution in [0.1, 0.15) is 11.1 Å². The summed E-state index contributed by atoms with van der Waals surface area (Å²) in [7, 11) is 0. The zero-order valence-electron chi connectivity index (χ0n) is 13.6. The Kier molecular flexibility index (Phi) is 5.00. The SMILES string of the molecule is Cc1ccc(CN(C(=O)S)c2ccc(-c3ccc(=O)[nH]n3)cc2)cc1. The molecule has 0 atom stereocenters. The van der Waals surface area contributed by atoms with Crippen molar-refractivity contribution in [2.45, 2.75) is 13.5 Å². The molecule has 0 bridgehead atoms. The molecule has 0 aliphatic rings. The van der Waals surface area contributed by atoms with Crippen molar-refractivity contribution in [3.8, 4) is 11.3 Å². The maximum absolute atomic E-state index is 11.9. The molecule has 3 rings (SSSR count). The van der Waals surface area contributed by atoms with Crippen LogP contribution in [-0.2, 0) is 6.54 Å². The van der Waals surface area contributed by atoms with Gasteiger partial charge in [0.05, 0.1) is 12.2 Å². The number of nitrogens with one attached hydrogen (secondary N) is 1. The number of hydrogen-bond donors (Lipinski definition) is 2. The Morgan fingerprint density at radius 2 is 1.72 bits per heavy atom. The van der Waals surface area contributed by atoms with Crippen LogP contribution in [0.3, 0.4) is 0 Å². The molecule has 2 aromatic carbocycles. The number of H-pyrrole nitrogens is 1. The number of amides is 1. The molecule has 0 radical (unpaired) electrons. The summed E-state index contributed by atoms with van der Waals surface area (Å²) in [5.41, 5.74) is 4.21. The zero-order chi connectivity index (χ0) is 17.8. The Balaban J connectivity index is 1.84. The predicted molar refractivity (Wildman–Crippen MR) is 102 cm³/mol. The fourth-order valence-electron chi connectivity index (χ4n) is 2.46. The highest BCUT2D eigenvalue weighted by molar-refractivity contribution is 7.96. The molecular weight excluding hydrogens is 334 g/mol. The minimum absolute atomic E-state index is 0.245. The third-order valence-electron chi connectivity index (χ3n) is 3.85. The van der Waals surface area contributed by atoms with Crippen LogP contribution in [0.25, 0.3) is 11.3 Å². The van der Waals surface area contributed by atoms with Gasteiger partial charge in [-0.05, 0) is 30.7 Å². The van der Waals surface area contributed by atoms with Crippen molar-refractivity contribution < 1.29 is 4.79 Å². The van der Waals surface area contributed by atoms with Crippen LogP contribution < -0.4 is 10.5 Å². The number of aromatic amines is 1. The van der Waals surface area contributed by atoms with Gasteiger partial charge in [0.15, 0.2) is 0 Å². The Morgan fingerprint density at radius 1 is 1.04 bits per heavy atom. The van der Waals surface area contributed by atoms with Crippen LogP contribution in [0.2, 0.25) is 0 Å². The number of hydrogen-bond acceptors (Lipinski definition) is 3. The van der Waals surface area contributed by atoms with Crippen molar-refractivity contribution in [1.82, 2.24) is 10.2 Å². The first-order valence-electron chi connectivity index (χ1n) is 7.75. The first kappa shape index (κ1) is 17.0. The molecule has 0 unspecified atom stereocenters. The van der Waals surface area contributed by atoms with E-state index in [1.807, 2.05) is 55.5 Å². The molecule has 1 aromatic heterocycles. The van der Waals surface area contributed by atoms with Gasteiger partial charge in [0, 0.05) is 17.3 Å². The Labute approximate surface area is 150 Å². The maximum Gasteiger partial charge on any atom is 0.283 e. The first-order chi connectivity index (χ1) is 12.0. The van der Waals surface area contributed by atoms with Crippen LogP contribution >= 0.6 is 12.6 Å². The van der Waals surface area contributed by atoms with E-state index in [0.29, 0.717) is 12.2 Å². The molecule has 0 saturated heterocycles. The topological polar surface area (TPSA) is 66.1 Å². The first-order valence-corrected chi connectivity index (χ1v) is 8.20. The molecule has 3 aromatic rings. The third kappa shape index (κ3) is 4.16. The number of anilines is 1. The molecule has 1 N–H and O–H groups in total. The van der Waals surface area contributed by atoms with Crippen molar-refractivity contribution in [2.75, 3.05) is 4.90 Å². The lowest BCUT2D eigenvalue weighted by Crippen LogP contribution is -2.25. The highest BCUT2D eigenvalue weighted by atomic mass is 32.1. The summed E-state index contributed by atoms with van der Waals surface area (Å²) in [6.45, 7) is 2.47. The van der Waals surface area contributed by atoms with Crippen LogP contribution in [0, 0.1) is 6.92 Å². The average molecular weight is 351 g/mol. The van der Waals surface area contributed by atoms with Gasteiger partial charge in [0.2, 0.25) is 0 Å². The molecule has 5 nitrogen and oxygen atoms in total. The van der Waals surface area contributed by atoms with Crippen LogP contribution in [0.15, 0.2) is 65.5 Å². The van der Waals surface area contributed by atoms with Crippen molar-refractivity contribution in [2.24, 2.45) is 0 Å². The molecule has 0 aliphatic heterocycles. The number of carbonyl (C=O) groups is 1. The predicted octanol–water partition coefficient (Wildman–Crippen LogP) is 3.80. The number of benzene rings is 2. The smallest absolute Gasteiger partial charge is 0.283 e. The van der Waals surface area contributed by atoms with Crippen molar-refractivity contribution in [1.29, 1.82) is 0 Å². The lowest BCUT2D eigenvalue weighted by Gasteiger charge is -2.21. The van der Waals surface area contributed by atoms with Gasteiger partial charge in [-0.2, -0.15) is 5.10 Å². The molecule has 126 valence electrons. The summed E-state index contributed by atoms with van der Waals surface area (Å²) in [6, 6.07) is 18.5. The summed E-state index contributed by atoms with van der Waals surface area (Å²) in [6.07, 6.45) is 0. The summed E-state index contributed by atoms with van der Waals surface area (Å²) in [4.78, 5) is 24.6. The summed E-state index contributed by atoms with van der Waals surface area (Å²) < 4.78 is 0. The van der Waals surface area contributed by atoms with Gasteiger partial charge < -0.3 is 0 Å². The van der Waals surface area contributed by atoms with Gasteiger partial charge in [-0.25, -0.2) is 5.10 Å². The van der Waals surface area contributed by atoms with E-state index in [1.54, 1.807) is 11.0 Å². The van der Waals surface area contributed by atoms with Gasteiger partial charge in [-0.3, -0.25) is 14.5 Å². The molecule has 6 heteroatoms. The Hall–Kier alpha value is -2.86. The lowest BCUT2D eigenvalue weighted by molar-refractivity contribution is 0.265. The highest BCUT2D eigenvalue weighted by Crippen LogP contribution is 2.23. The number of nitrogens with zero attached hydrogens (tertiary/aromatic N) is 2. The van der Waals surface area contributed by atoms with Gasteiger partial charge in [0.25, 0.3) is 10.8 Å². The molecular formula is C19H17N3O2S. The van der Waals surface area contributed by atoms with E-state index < -0.39 is 0 Å². The monoisotopic (exact) mass is 351 g/mol. The summed E-state index contributed by atoms with van der Waals surface area (Å²) in [5.74, 6) is 0. The van der Waals surface area contributed by atoms with Crippen LogP contribution in [-0.4, -0.2) is 15.4 Å². The fraction of sp³-hybridized carbons (Fsp3) is 0.105. The maximum atomic E-state index is 11.9. The van der Waals surface area contributed by atoms with E-state index in [4.69, 9.17) is 0 Å². The van der Waals surface area contributed by atoms with Gasteiger partial charge >= 0.3 is 0 Å². The molecule has 0 fully saturated rings. The Bertz CT molecular complexity index is 914. The Morgan fingerprint density at radius 3 is 2.28 bits per heavy atom. The van der Waals surface area contributed by atoms with Crippen molar-refractivity contribution >= 4 is 23.6 Å². The second-order valence-corrected chi connectivity index (χ2v) is 6.09. The third-order valence-corrected chi connectivity index (χ3v) is 4.09. The van der Waals surface area contributed by atoms with Gasteiger partial charge in [0.1, 0.15) is 0 Å². The van der Waals surface area contributed by atoms with E-state index in [0.717, 1.165) is 16.8 Å². The second-order valence-electron chi connectivity index (χ2n) is 5.71. The van der Waals surface area contributed by atoms with Gasteiger partial charge in [-0.15, -0.1) is 0 Å². The van der Waals surface area contributed by atoms with E-state index >= 15 is 0 Å². The van der Waals surface area contributed by atoms with Crippen LogP contribution in [0.5, 0.6) is 0 Å². The number of thiol groups is 1. The normalized spacial score (nSPS) is 10.5. The van der Waals surface area contributed by atoms with E-state index in [1.165, 1.54) is 11.6 Å². The van der Waals surface area contributed by atoms with E-state index in [9.17, 15) is 9.59 Å². The number of rotatable bonds is 4. The molecule has 0 aliphatic carbocycles. The number of aromatic nitrogens is 2. The van der Waals surface area contributed by atoms with Crippen molar-refractivity contribution in [3.63, 3.8) is 0 Å². The average Bonchev–Trinajstić information content (AvgIpc) is 2.62. The fourth-order valence-corrected chi connectivity index (χ4v) is 2.65. The van der Waals surface area contributed by atoms with E-state index in [2.05, 4.69) is 22.8 Å². The number of aryl methyl sites for hydroxylation is 1. The molecule has 0 saturated carbocycles. The molecule has 1 heterocycles. The van der Waals surface area contributed by atoms with Gasteiger partial charge in [-0.1, -0.05) is 54.6 Å².